The average Bonchev–Trinajstić information content (AvgIpc) is 2.80. The van der Waals surface area contributed by atoms with Gasteiger partial charge in [-0.1, -0.05) is 49.7 Å². The molecule has 0 aliphatic heterocycles. The van der Waals surface area contributed by atoms with E-state index in [0.717, 1.165) is 36.4 Å². The van der Waals surface area contributed by atoms with Gasteiger partial charge in [-0.05, 0) is 60.6 Å². The van der Waals surface area contributed by atoms with E-state index >= 15 is 0 Å². The van der Waals surface area contributed by atoms with Gasteiger partial charge in [-0.15, -0.1) is 0 Å². The molecule has 0 atom stereocenters. The van der Waals surface area contributed by atoms with Crippen LogP contribution >= 0.6 is 12.2 Å². The van der Waals surface area contributed by atoms with Crippen molar-refractivity contribution in [1.29, 1.82) is 0 Å². The molecule has 0 bridgehead atoms. The number of amides is 1. The lowest BCUT2D eigenvalue weighted by Crippen LogP contribution is -2.34. The summed E-state index contributed by atoms with van der Waals surface area (Å²) < 4.78 is 11.5. The van der Waals surface area contributed by atoms with E-state index in [1.165, 1.54) is 5.56 Å². The summed E-state index contributed by atoms with van der Waals surface area (Å²) >= 11 is 5.28. The molecule has 0 spiro atoms. The summed E-state index contributed by atoms with van der Waals surface area (Å²) in [7, 11) is 0. The van der Waals surface area contributed by atoms with Crippen LogP contribution in [0.15, 0.2) is 78.9 Å². The van der Waals surface area contributed by atoms with Crippen LogP contribution in [0.2, 0.25) is 0 Å². The molecule has 5 nitrogen and oxygen atoms in total. The van der Waals surface area contributed by atoms with Crippen molar-refractivity contribution in [2.45, 2.75) is 26.2 Å². The van der Waals surface area contributed by atoms with Crippen LogP contribution in [0, 0.1) is 0 Å². The highest BCUT2D eigenvalue weighted by atomic mass is 32.1. The molecule has 0 radical (unpaired) electrons. The van der Waals surface area contributed by atoms with Crippen molar-refractivity contribution < 1.29 is 14.3 Å². The second kappa shape index (κ2) is 12.5. The zero-order chi connectivity index (χ0) is 22.6. The molecule has 0 aliphatic carbocycles. The highest BCUT2D eigenvalue weighted by Crippen LogP contribution is 2.18. The van der Waals surface area contributed by atoms with Crippen LogP contribution in [0.5, 0.6) is 11.5 Å². The van der Waals surface area contributed by atoms with Gasteiger partial charge >= 0.3 is 0 Å². The van der Waals surface area contributed by atoms with Crippen molar-refractivity contribution in [2.24, 2.45) is 0 Å². The molecule has 3 aromatic rings. The van der Waals surface area contributed by atoms with Crippen molar-refractivity contribution in [2.75, 3.05) is 18.5 Å². The first-order chi connectivity index (χ1) is 15.6. The third kappa shape index (κ3) is 7.71. The van der Waals surface area contributed by atoms with Crippen LogP contribution in [0.1, 0.15) is 35.7 Å². The fourth-order valence-electron chi connectivity index (χ4n) is 2.97. The standard InChI is InChI=1S/C26H28N2O3S/c1-2-3-17-30-24-11-7-10-22(19-24)27-26(32)28-25(29)21-12-14-23(15-13-21)31-18-16-20-8-5-4-6-9-20/h4-15,19H,2-3,16-18H2,1H3,(H2,27,28,29,32). The minimum absolute atomic E-state index is 0.226. The SMILES string of the molecule is CCCCOc1cccc(NC(=S)NC(=O)c2ccc(OCCc3ccccc3)cc2)c1. The molecule has 3 rings (SSSR count). The van der Waals surface area contributed by atoms with E-state index in [2.05, 4.69) is 29.7 Å². The molecule has 0 heterocycles. The van der Waals surface area contributed by atoms with Crippen molar-refractivity contribution >= 4 is 28.9 Å². The fraction of sp³-hybridized carbons (Fsp3) is 0.231. The predicted molar refractivity (Wildman–Crippen MR) is 133 cm³/mol. The van der Waals surface area contributed by atoms with E-state index in [1.807, 2.05) is 42.5 Å². The number of hydrogen-bond donors (Lipinski definition) is 2. The van der Waals surface area contributed by atoms with Gasteiger partial charge < -0.3 is 14.8 Å². The number of rotatable bonds is 10. The van der Waals surface area contributed by atoms with Gasteiger partial charge in [-0.25, -0.2) is 0 Å². The molecule has 0 unspecified atom stereocenters. The highest BCUT2D eigenvalue weighted by molar-refractivity contribution is 7.80. The number of unbranched alkanes of at least 4 members (excludes halogenated alkanes) is 1. The molecule has 3 aromatic carbocycles. The molecule has 6 heteroatoms. The Kier molecular flexibility index (Phi) is 9.07. The predicted octanol–water partition coefficient (Wildman–Crippen LogP) is 5.61. The lowest BCUT2D eigenvalue weighted by atomic mass is 10.2. The Morgan fingerprint density at radius 2 is 1.62 bits per heavy atom. The molecule has 0 aromatic heterocycles. The highest BCUT2D eigenvalue weighted by Gasteiger charge is 2.09. The molecular weight excluding hydrogens is 420 g/mol. The van der Waals surface area contributed by atoms with Gasteiger partial charge in [0.15, 0.2) is 5.11 Å². The molecule has 166 valence electrons. The van der Waals surface area contributed by atoms with Crippen LogP contribution in [-0.2, 0) is 6.42 Å². The van der Waals surface area contributed by atoms with E-state index in [4.69, 9.17) is 21.7 Å². The second-order valence-corrected chi connectivity index (χ2v) is 7.65. The molecule has 0 fully saturated rings. The van der Waals surface area contributed by atoms with Gasteiger partial charge in [-0.3, -0.25) is 10.1 Å². The maximum atomic E-state index is 12.5. The molecule has 0 saturated carbocycles. The number of anilines is 1. The number of ether oxygens (including phenoxy) is 2. The number of carbonyl (C=O) groups excluding carboxylic acids is 1. The molecule has 1 amide bonds. The van der Waals surface area contributed by atoms with Crippen LogP contribution in [0.4, 0.5) is 5.69 Å². The summed E-state index contributed by atoms with van der Waals surface area (Å²) in [5, 5.41) is 5.95. The Balaban J connectivity index is 1.45. The summed E-state index contributed by atoms with van der Waals surface area (Å²) in [4.78, 5) is 12.5. The lowest BCUT2D eigenvalue weighted by molar-refractivity contribution is 0.0977. The quantitative estimate of drug-likeness (QED) is 0.312. The summed E-state index contributed by atoms with van der Waals surface area (Å²) in [5.74, 6) is 1.20. The summed E-state index contributed by atoms with van der Waals surface area (Å²) in [6.45, 7) is 3.37. The Hall–Kier alpha value is -3.38. The van der Waals surface area contributed by atoms with E-state index < -0.39 is 0 Å². The first-order valence-electron chi connectivity index (χ1n) is 10.8. The Labute approximate surface area is 194 Å². The molecular formula is C26H28N2O3S. The zero-order valence-electron chi connectivity index (χ0n) is 18.2. The Morgan fingerprint density at radius 3 is 2.38 bits per heavy atom. The normalized spacial score (nSPS) is 10.3. The smallest absolute Gasteiger partial charge is 0.257 e. The van der Waals surface area contributed by atoms with Crippen molar-refractivity contribution in [3.05, 3.63) is 90.0 Å². The van der Waals surface area contributed by atoms with Crippen molar-refractivity contribution in [1.82, 2.24) is 5.32 Å². The van der Waals surface area contributed by atoms with Gasteiger partial charge in [0.1, 0.15) is 11.5 Å². The molecule has 2 N–H and O–H groups in total. The number of thiocarbonyl (C=S) groups is 1. The van der Waals surface area contributed by atoms with Gasteiger partial charge in [0.05, 0.1) is 13.2 Å². The fourth-order valence-corrected chi connectivity index (χ4v) is 3.18. The monoisotopic (exact) mass is 448 g/mol. The first kappa shape index (κ1) is 23.3. The van der Waals surface area contributed by atoms with E-state index in [-0.39, 0.29) is 11.0 Å². The summed E-state index contributed by atoms with van der Waals surface area (Å²) in [6.07, 6.45) is 2.91. The average molecular weight is 449 g/mol. The van der Waals surface area contributed by atoms with E-state index in [1.54, 1.807) is 24.3 Å². The van der Waals surface area contributed by atoms with E-state index in [9.17, 15) is 4.79 Å². The second-order valence-electron chi connectivity index (χ2n) is 7.25. The minimum atomic E-state index is -0.284. The molecule has 32 heavy (non-hydrogen) atoms. The van der Waals surface area contributed by atoms with Crippen LogP contribution < -0.4 is 20.1 Å². The number of benzene rings is 3. The van der Waals surface area contributed by atoms with Crippen molar-refractivity contribution in [3.63, 3.8) is 0 Å². The summed E-state index contributed by atoms with van der Waals surface area (Å²) in [5.41, 5.74) is 2.48. The molecule has 0 aliphatic rings. The third-order valence-electron chi connectivity index (χ3n) is 4.70. The number of carbonyl (C=O) groups is 1. The number of nitrogens with one attached hydrogen (secondary N) is 2. The van der Waals surface area contributed by atoms with Gasteiger partial charge in [-0.2, -0.15) is 0 Å². The van der Waals surface area contributed by atoms with Gasteiger partial charge in [0.25, 0.3) is 5.91 Å². The van der Waals surface area contributed by atoms with Crippen LogP contribution in [0.25, 0.3) is 0 Å². The van der Waals surface area contributed by atoms with Crippen molar-refractivity contribution in [3.8, 4) is 11.5 Å². The number of hydrogen-bond acceptors (Lipinski definition) is 4. The van der Waals surface area contributed by atoms with Crippen LogP contribution in [-0.4, -0.2) is 24.2 Å². The van der Waals surface area contributed by atoms with Gasteiger partial charge in [0.2, 0.25) is 0 Å². The maximum absolute atomic E-state index is 12.5. The van der Waals surface area contributed by atoms with E-state index in [0.29, 0.717) is 18.8 Å². The van der Waals surface area contributed by atoms with Gasteiger partial charge in [0, 0.05) is 23.7 Å². The zero-order valence-corrected chi connectivity index (χ0v) is 19.0. The molecule has 0 saturated heterocycles. The largest absolute Gasteiger partial charge is 0.494 e. The third-order valence-corrected chi connectivity index (χ3v) is 4.91. The van der Waals surface area contributed by atoms with Crippen LogP contribution in [0.3, 0.4) is 0 Å². The minimum Gasteiger partial charge on any atom is -0.494 e. The maximum Gasteiger partial charge on any atom is 0.257 e. The Bertz CT molecular complexity index is 1010. The Morgan fingerprint density at radius 1 is 0.875 bits per heavy atom. The topological polar surface area (TPSA) is 59.6 Å². The first-order valence-corrected chi connectivity index (χ1v) is 11.2. The lowest BCUT2D eigenvalue weighted by Gasteiger charge is -2.12. The summed E-state index contributed by atoms with van der Waals surface area (Å²) in [6, 6.07) is 24.7.